The number of allylic oxidation sites excluding steroid dienone is 2. The molecule has 2 heterocycles. The number of ether oxygens (including phenoxy) is 1. The number of aromatic nitrogens is 1. The summed E-state index contributed by atoms with van der Waals surface area (Å²) in [4.78, 5) is 59.2. The van der Waals surface area contributed by atoms with Crippen LogP contribution in [0.1, 0.15) is 39.6 Å². The first kappa shape index (κ1) is 29.8. The number of nitrogens with zero attached hydrogens (tertiary/aromatic N) is 2. The number of imide groups is 1. The van der Waals surface area contributed by atoms with Gasteiger partial charge in [0.05, 0.1) is 39.3 Å². The molecule has 1 saturated heterocycles. The first-order valence-electron chi connectivity index (χ1n) is 14.6. The van der Waals surface area contributed by atoms with Crippen LogP contribution in [-0.2, 0) is 20.7 Å². The van der Waals surface area contributed by atoms with Crippen molar-refractivity contribution in [1.29, 1.82) is 0 Å². The van der Waals surface area contributed by atoms with Crippen LogP contribution in [0.4, 0.5) is 5.69 Å². The third kappa shape index (κ3) is 5.09. The van der Waals surface area contributed by atoms with Crippen molar-refractivity contribution < 1.29 is 23.9 Å². The number of aryl methyl sites for hydroxylation is 1. The summed E-state index contributed by atoms with van der Waals surface area (Å²) in [6.07, 6.45) is 5.68. The predicted molar refractivity (Wildman–Crippen MR) is 176 cm³/mol. The van der Waals surface area contributed by atoms with Gasteiger partial charge < -0.3 is 4.74 Å². The molecule has 7 rings (SSSR count). The summed E-state index contributed by atoms with van der Waals surface area (Å²) in [6, 6.07) is 16.9. The molecule has 2 fully saturated rings. The summed E-state index contributed by atoms with van der Waals surface area (Å²) < 4.78 is 6.28. The molecule has 2 bridgehead atoms. The largest absolute Gasteiger partial charge is 0.454 e. The molecule has 0 radical (unpaired) electrons. The van der Waals surface area contributed by atoms with E-state index in [0.29, 0.717) is 39.3 Å². The zero-order chi connectivity index (χ0) is 31.6. The van der Waals surface area contributed by atoms with E-state index in [4.69, 9.17) is 32.9 Å². The van der Waals surface area contributed by atoms with Crippen molar-refractivity contribution >= 4 is 79.3 Å². The van der Waals surface area contributed by atoms with Gasteiger partial charge in [0.1, 0.15) is 0 Å². The van der Waals surface area contributed by atoms with E-state index in [2.05, 4.69) is 28.1 Å². The van der Waals surface area contributed by atoms with Gasteiger partial charge in [-0.2, -0.15) is 0 Å². The topological polar surface area (TPSA) is 93.6 Å². The summed E-state index contributed by atoms with van der Waals surface area (Å²) in [7, 11) is 0. The van der Waals surface area contributed by atoms with Gasteiger partial charge in [-0.1, -0.05) is 70.3 Å². The molecule has 3 aliphatic rings. The molecule has 2 amide bonds. The lowest BCUT2D eigenvalue weighted by atomic mass is 9.85. The van der Waals surface area contributed by atoms with Crippen molar-refractivity contribution in [2.45, 2.75) is 19.8 Å². The lowest BCUT2D eigenvalue weighted by Crippen LogP contribution is -2.32. The summed E-state index contributed by atoms with van der Waals surface area (Å²) in [6.45, 7) is 1.48. The number of esters is 1. The fraction of sp³-hybridized carbons (Fsp3) is 0.229. The highest BCUT2D eigenvalue weighted by atomic mass is 79.9. The third-order valence-electron chi connectivity index (χ3n) is 9.02. The maximum Gasteiger partial charge on any atom is 0.339 e. The Bertz CT molecular complexity index is 1950. The number of anilines is 1. The van der Waals surface area contributed by atoms with E-state index >= 15 is 0 Å². The lowest BCUT2D eigenvalue weighted by molar-refractivity contribution is -0.123. The summed E-state index contributed by atoms with van der Waals surface area (Å²) in [5, 5.41) is 1.14. The van der Waals surface area contributed by atoms with Gasteiger partial charge in [0, 0.05) is 26.0 Å². The number of benzene rings is 3. The van der Waals surface area contributed by atoms with Crippen LogP contribution in [0.3, 0.4) is 0 Å². The van der Waals surface area contributed by atoms with Gasteiger partial charge in [0.2, 0.25) is 17.6 Å². The van der Waals surface area contributed by atoms with Gasteiger partial charge in [-0.25, -0.2) is 9.78 Å². The molecule has 4 aromatic rings. The molecule has 1 aliphatic heterocycles. The van der Waals surface area contributed by atoms with Gasteiger partial charge in [0.15, 0.2) is 6.61 Å². The molecule has 7 nitrogen and oxygen atoms in total. The van der Waals surface area contributed by atoms with Crippen LogP contribution in [-0.4, -0.2) is 35.2 Å². The van der Waals surface area contributed by atoms with Gasteiger partial charge >= 0.3 is 5.97 Å². The number of carbonyl (C=O) groups excluding carboxylic acids is 4. The van der Waals surface area contributed by atoms with E-state index in [9.17, 15) is 19.2 Å². The van der Waals surface area contributed by atoms with Gasteiger partial charge in [-0.15, -0.1) is 0 Å². The van der Waals surface area contributed by atoms with E-state index in [1.165, 1.54) is 17.0 Å². The second-order valence-corrected chi connectivity index (χ2v) is 13.3. The third-order valence-corrected chi connectivity index (χ3v) is 10.0. The van der Waals surface area contributed by atoms with Crippen LogP contribution in [0, 0.1) is 23.7 Å². The van der Waals surface area contributed by atoms with Crippen LogP contribution in [0.15, 0.2) is 77.3 Å². The first-order chi connectivity index (χ1) is 21.6. The Hall–Kier alpha value is -3.85. The molecular formula is C35H25BrCl2N2O5. The standard InChI is InChI=1S/C35H25BrCl2N2O5/c1-2-17-12-21(36)13-25-26(35(44)45-16-29(41)24-10-7-22(37)14-27(24)38)15-28(39-32(17)25)18-5-8-23(9-6-18)40-33(42)30-19-3-4-20(11-19)31(30)34(40)43/h3-10,12-15,19-20,30-31H,2,11,16H2,1H3. The average molecular weight is 704 g/mol. The Morgan fingerprint density at radius 1 is 0.933 bits per heavy atom. The highest BCUT2D eigenvalue weighted by Gasteiger charge is 2.59. The van der Waals surface area contributed by atoms with Gasteiger partial charge in [-0.3, -0.25) is 19.3 Å². The number of ketones is 1. The maximum atomic E-state index is 13.5. The molecule has 4 atom stereocenters. The second kappa shape index (κ2) is 11.5. The number of carbonyl (C=O) groups is 4. The van der Waals surface area contributed by atoms with E-state index in [1.807, 2.05) is 13.0 Å². The quantitative estimate of drug-likeness (QED) is 0.0842. The average Bonchev–Trinajstić information content (AvgIpc) is 3.72. The molecule has 10 heteroatoms. The predicted octanol–water partition coefficient (Wildman–Crippen LogP) is 7.88. The number of fused-ring (bicyclic) bond motifs is 6. The van der Waals surface area contributed by atoms with Crippen LogP contribution in [0.25, 0.3) is 22.2 Å². The molecular weight excluding hydrogens is 679 g/mol. The fourth-order valence-corrected chi connectivity index (χ4v) is 7.91. The van der Waals surface area contributed by atoms with Crippen molar-refractivity contribution in [3.63, 3.8) is 0 Å². The molecule has 2 aliphatic carbocycles. The molecule has 0 N–H and O–H groups in total. The first-order valence-corrected chi connectivity index (χ1v) is 16.1. The summed E-state index contributed by atoms with van der Waals surface area (Å²) in [5.74, 6) is -1.74. The van der Waals surface area contributed by atoms with Crippen molar-refractivity contribution in [2.24, 2.45) is 23.7 Å². The Morgan fingerprint density at radius 2 is 1.62 bits per heavy atom. The van der Waals surface area contributed by atoms with Crippen LogP contribution < -0.4 is 4.90 Å². The number of amides is 2. The van der Waals surface area contributed by atoms with Crippen LogP contribution in [0.2, 0.25) is 10.0 Å². The van der Waals surface area contributed by atoms with Gasteiger partial charge in [0.25, 0.3) is 0 Å². The monoisotopic (exact) mass is 702 g/mol. The van der Waals surface area contributed by atoms with Crippen LogP contribution >= 0.6 is 39.1 Å². The molecule has 1 saturated carbocycles. The minimum Gasteiger partial charge on any atom is -0.454 e. The normalized spacial score (nSPS) is 21.6. The van der Waals surface area contributed by atoms with E-state index in [1.54, 1.807) is 42.5 Å². The molecule has 0 spiro atoms. The Kier molecular flexibility index (Phi) is 7.63. The SMILES string of the molecule is CCc1cc(Br)cc2c(C(=O)OCC(=O)c3ccc(Cl)cc3Cl)cc(-c3ccc(N4C(=O)C5C6C=CC(C6)C5C4=O)cc3)nc12. The number of rotatable bonds is 7. The molecule has 226 valence electrons. The molecule has 3 aromatic carbocycles. The smallest absolute Gasteiger partial charge is 0.339 e. The fourth-order valence-electron chi connectivity index (χ4n) is 6.89. The van der Waals surface area contributed by atoms with E-state index in [-0.39, 0.29) is 51.6 Å². The van der Waals surface area contributed by atoms with Crippen molar-refractivity contribution in [1.82, 2.24) is 4.98 Å². The number of halogens is 3. The molecule has 4 unspecified atom stereocenters. The highest BCUT2D eigenvalue weighted by molar-refractivity contribution is 9.10. The van der Waals surface area contributed by atoms with E-state index in [0.717, 1.165) is 16.5 Å². The molecule has 1 aromatic heterocycles. The minimum absolute atomic E-state index is 0.131. The Balaban J connectivity index is 1.20. The minimum atomic E-state index is -0.693. The molecule has 45 heavy (non-hydrogen) atoms. The summed E-state index contributed by atoms with van der Waals surface area (Å²) in [5.41, 5.74) is 3.69. The zero-order valence-electron chi connectivity index (χ0n) is 23.9. The maximum absolute atomic E-state index is 13.5. The summed E-state index contributed by atoms with van der Waals surface area (Å²) >= 11 is 15.7. The van der Waals surface area contributed by atoms with Crippen molar-refractivity contribution in [2.75, 3.05) is 11.5 Å². The van der Waals surface area contributed by atoms with Crippen molar-refractivity contribution in [3.05, 3.63) is 104 Å². The number of pyridine rings is 1. The Morgan fingerprint density at radius 3 is 2.27 bits per heavy atom. The second-order valence-electron chi connectivity index (χ2n) is 11.6. The zero-order valence-corrected chi connectivity index (χ0v) is 27.0. The number of hydrogen-bond acceptors (Lipinski definition) is 6. The van der Waals surface area contributed by atoms with E-state index < -0.39 is 18.4 Å². The number of hydrogen-bond donors (Lipinski definition) is 0. The highest BCUT2D eigenvalue weighted by Crippen LogP contribution is 2.53. The number of Topliss-reactive ketones (excluding diaryl/α,β-unsaturated/α-hetero) is 1. The lowest BCUT2D eigenvalue weighted by Gasteiger charge is -2.18. The Labute approximate surface area is 277 Å². The van der Waals surface area contributed by atoms with Gasteiger partial charge in [-0.05, 0) is 78.8 Å². The van der Waals surface area contributed by atoms with Crippen molar-refractivity contribution in [3.8, 4) is 11.3 Å². The van der Waals surface area contributed by atoms with Crippen LogP contribution in [0.5, 0.6) is 0 Å².